The Bertz CT molecular complexity index is 749. The van der Waals surface area contributed by atoms with Gasteiger partial charge in [0.2, 0.25) is 5.95 Å². The molecule has 0 saturated carbocycles. The lowest BCUT2D eigenvalue weighted by molar-refractivity contribution is 0.263. The molecular weight excluding hydrogens is 374 g/mol. The minimum Gasteiger partial charge on any atom is -0.494 e. The normalized spacial score (nSPS) is 14.2. The molecule has 2 aromatic rings. The van der Waals surface area contributed by atoms with Crippen LogP contribution in [0.5, 0.6) is 5.75 Å². The van der Waals surface area contributed by atoms with E-state index in [0.717, 1.165) is 56.0 Å². The molecule has 1 aliphatic heterocycles. The third kappa shape index (κ3) is 6.87. The fourth-order valence-electron chi connectivity index (χ4n) is 3.88. The van der Waals surface area contributed by atoms with Crippen LogP contribution in [-0.4, -0.2) is 47.7 Å². The van der Waals surface area contributed by atoms with E-state index in [1.165, 1.54) is 44.3 Å². The van der Waals surface area contributed by atoms with Crippen molar-refractivity contribution in [3.05, 3.63) is 41.1 Å². The minimum atomic E-state index is 0.558. The first-order valence-electron chi connectivity index (χ1n) is 11.5. The van der Waals surface area contributed by atoms with Crippen LogP contribution in [0.1, 0.15) is 62.3 Å². The van der Waals surface area contributed by atoms with Gasteiger partial charge in [-0.15, -0.1) is 0 Å². The number of aryl methyl sites for hydroxylation is 1. The van der Waals surface area contributed by atoms with Crippen molar-refractivity contribution in [3.63, 3.8) is 0 Å². The van der Waals surface area contributed by atoms with Crippen molar-refractivity contribution in [2.75, 3.05) is 43.8 Å². The monoisotopic (exact) mass is 411 g/mol. The number of rotatable bonds is 12. The van der Waals surface area contributed by atoms with Gasteiger partial charge in [0.05, 0.1) is 6.61 Å². The largest absolute Gasteiger partial charge is 0.494 e. The average molecular weight is 412 g/mol. The Balaban J connectivity index is 1.48. The predicted octanol–water partition coefficient (Wildman–Crippen LogP) is 4.42. The van der Waals surface area contributed by atoms with Crippen LogP contribution < -0.4 is 15.8 Å². The molecule has 1 aromatic carbocycles. The van der Waals surface area contributed by atoms with E-state index in [1.807, 2.05) is 19.1 Å². The van der Waals surface area contributed by atoms with Gasteiger partial charge in [0.25, 0.3) is 0 Å². The Kier molecular flexibility index (Phi) is 8.75. The summed E-state index contributed by atoms with van der Waals surface area (Å²) < 4.78 is 5.90. The number of benzene rings is 1. The summed E-state index contributed by atoms with van der Waals surface area (Å²) in [4.78, 5) is 11.6. The van der Waals surface area contributed by atoms with Gasteiger partial charge in [0, 0.05) is 30.8 Å². The van der Waals surface area contributed by atoms with Crippen LogP contribution in [0.25, 0.3) is 0 Å². The Hall–Kier alpha value is -2.34. The average Bonchev–Trinajstić information content (AvgIpc) is 3.26. The fourth-order valence-corrected chi connectivity index (χ4v) is 3.88. The number of nitrogens with two attached hydrogens (primary N) is 1. The van der Waals surface area contributed by atoms with Crippen molar-refractivity contribution in [3.8, 4) is 5.75 Å². The lowest BCUT2D eigenvalue weighted by Crippen LogP contribution is -2.21. The molecule has 6 nitrogen and oxygen atoms in total. The molecule has 0 spiro atoms. The van der Waals surface area contributed by atoms with Crippen LogP contribution in [0, 0.1) is 6.92 Å². The van der Waals surface area contributed by atoms with E-state index in [9.17, 15) is 0 Å². The number of unbranched alkanes of at least 4 members (excludes halogenated alkanes) is 2. The highest BCUT2D eigenvalue weighted by Crippen LogP contribution is 2.21. The summed E-state index contributed by atoms with van der Waals surface area (Å²) in [5.41, 5.74) is 9.35. The zero-order valence-electron chi connectivity index (χ0n) is 18.6. The first-order chi connectivity index (χ1) is 14.7. The van der Waals surface area contributed by atoms with Crippen molar-refractivity contribution < 1.29 is 4.74 Å². The van der Waals surface area contributed by atoms with Gasteiger partial charge in [-0.1, -0.05) is 31.9 Å². The summed E-state index contributed by atoms with van der Waals surface area (Å²) in [5.74, 6) is 2.11. The zero-order chi connectivity index (χ0) is 21.2. The topological polar surface area (TPSA) is 76.3 Å². The molecule has 6 heteroatoms. The molecular formula is C24H37N5O. The minimum absolute atomic E-state index is 0.558. The van der Waals surface area contributed by atoms with Crippen molar-refractivity contribution in [2.45, 2.75) is 58.8 Å². The van der Waals surface area contributed by atoms with Crippen molar-refractivity contribution in [1.29, 1.82) is 0 Å². The summed E-state index contributed by atoms with van der Waals surface area (Å²) in [6.07, 6.45) is 8.01. The molecule has 164 valence electrons. The molecule has 0 amide bonds. The maximum atomic E-state index is 6.24. The van der Waals surface area contributed by atoms with Crippen LogP contribution in [-0.2, 0) is 6.42 Å². The number of nitrogens with one attached hydrogen (secondary N) is 1. The summed E-state index contributed by atoms with van der Waals surface area (Å²) in [5, 5.41) is 3.28. The van der Waals surface area contributed by atoms with Crippen LogP contribution in [0.15, 0.2) is 24.3 Å². The van der Waals surface area contributed by atoms with Gasteiger partial charge < -0.3 is 20.7 Å². The third-order valence-corrected chi connectivity index (χ3v) is 5.70. The number of aromatic nitrogens is 2. The molecule has 1 aromatic heterocycles. The fraction of sp³-hybridized carbons (Fsp3) is 0.583. The van der Waals surface area contributed by atoms with Crippen LogP contribution in [0.3, 0.4) is 0 Å². The molecule has 1 aliphatic rings. The van der Waals surface area contributed by atoms with E-state index in [2.05, 4.69) is 39.2 Å². The standard InChI is InChI=1S/C24H37N5O/c1-3-4-5-13-26-24-27-19(2)22(23(25)28-24)18-20-9-11-21(12-10-20)30-17-8-16-29-14-6-7-15-29/h9-12H,3-8,13-18H2,1-2H3,(H3,25,26,27,28). The lowest BCUT2D eigenvalue weighted by atomic mass is 10.0. The van der Waals surface area contributed by atoms with Crippen LogP contribution in [0.2, 0.25) is 0 Å². The smallest absolute Gasteiger partial charge is 0.224 e. The molecule has 0 radical (unpaired) electrons. The number of anilines is 2. The molecule has 0 unspecified atom stereocenters. The molecule has 3 rings (SSSR count). The van der Waals surface area contributed by atoms with Gasteiger partial charge in [-0.2, -0.15) is 4.98 Å². The Morgan fingerprint density at radius 3 is 2.53 bits per heavy atom. The van der Waals surface area contributed by atoms with E-state index in [0.29, 0.717) is 11.8 Å². The summed E-state index contributed by atoms with van der Waals surface area (Å²) in [6.45, 7) is 9.48. The predicted molar refractivity (Wildman–Crippen MR) is 124 cm³/mol. The summed E-state index contributed by atoms with van der Waals surface area (Å²) >= 11 is 0. The number of hydrogen-bond donors (Lipinski definition) is 2. The number of nitrogen functional groups attached to an aromatic ring is 1. The van der Waals surface area contributed by atoms with E-state index in [4.69, 9.17) is 10.5 Å². The highest BCUT2D eigenvalue weighted by molar-refractivity contribution is 5.49. The van der Waals surface area contributed by atoms with Crippen LogP contribution in [0.4, 0.5) is 11.8 Å². The second-order valence-corrected chi connectivity index (χ2v) is 8.20. The Labute approximate surface area is 181 Å². The molecule has 0 aliphatic carbocycles. The maximum absolute atomic E-state index is 6.24. The number of nitrogens with zero attached hydrogens (tertiary/aromatic N) is 3. The maximum Gasteiger partial charge on any atom is 0.224 e. The van der Waals surface area contributed by atoms with Crippen LogP contribution >= 0.6 is 0 Å². The van der Waals surface area contributed by atoms with Crippen molar-refractivity contribution >= 4 is 11.8 Å². The highest BCUT2D eigenvalue weighted by Gasteiger charge is 2.11. The summed E-state index contributed by atoms with van der Waals surface area (Å²) in [6, 6.07) is 8.29. The number of ether oxygens (including phenoxy) is 1. The third-order valence-electron chi connectivity index (χ3n) is 5.70. The van der Waals surface area contributed by atoms with E-state index in [-0.39, 0.29) is 0 Å². The number of hydrogen-bond acceptors (Lipinski definition) is 6. The Morgan fingerprint density at radius 1 is 1.07 bits per heavy atom. The first-order valence-corrected chi connectivity index (χ1v) is 11.5. The molecule has 0 bridgehead atoms. The van der Waals surface area contributed by atoms with Gasteiger partial charge in [-0.05, 0) is 63.4 Å². The lowest BCUT2D eigenvalue weighted by Gasteiger charge is -2.14. The molecule has 30 heavy (non-hydrogen) atoms. The zero-order valence-corrected chi connectivity index (χ0v) is 18.6. The van der Waals surface area contributed by atoms with Gasteiger partial charge in [0.15, 0.2) is 0 Å². The molecule has 0 atom stereocenters. The molecule has 1 saturated heterocycles. The molecule has 1 fully saturated rings. The highest BCUT2D eigenvalue weighted by atomic mass is 16.5. The van der Waals surface area contributed by atoms with Crippen molar-refractivity contribution in [2.24, 2.45) is 0 Å². The van der Waals surface area contributed by atoms with Crippen molar-refractivity contribution in [1.82, 2.24) is 14.9 Å². The second-order valence-electron chi connectivity index (χ2n) is 8.20. The SMILES string of the molecule is CCCCCNc1nc(C)c(Cc2ccc(OCCCN3CCCC3)cc2)c(N)n1. The van der Waals surface area contributed by atoms with Gasteiger partial charge >= 0.3 is 0 Å². The Morgan fingerprint density at radius 2 is 1.83 bits per heavy atom. The van der Waals surface area contributed by atoms with Gasteiger partial charge in [-0.3, -0.25) is 0 Å². The van der Waals surface area contributed by atoms with E-state index < -0.39 is 0 Å². The summed E-state index contributed by atoms with van der Waals surface area (Å²) in [7, 11) is 0. The van der Waals surface area contributed by atoms with Gasteiger partial charge in [-0.25, -0.2) is 4.98 Å². The van der Waals surface area contributed by atoms with Gasteiger partial charge in [0.1, 0.15) is 11.6 Å². The molecule has 3 N–H and O–H groups in total. The second kappa shape index (κ2) is 11.7. The first kappa shape index (κ1) is 22.3. The number of likely N-dealkylation sites (tertiary alicyclic amines) is 1. The van der Waals surface area contributed by atoms with E-state index >= 15 is 0 Å². The van der Waals surface area contributed by atoms with E-state index in [1.54, 1.807) is 0 Å². The quantitative estimate of drug-likeness (QED) is 0.503. The molecule has 2 heterocycles.